The Kier molecular flexibility index (Phi) is 7.11. The molecule has 30 heavy (non-hydrogen) atoms. The fraction of sp³-hybridized carbons (Fsp3) is 0.520. The van der Waals surface area contributed by atoms with Crippen LogP contribution in [0.3, 0.4) is 0 Å². The predicted molar refractivity (Wildman–Crippen MR) is 117 cm³/mol. The monoisotopic (exact) mass is 409 g/mol. The van der Waals surface area contributed by atoms with E-state index in [0.717, 1.165) is 43.9 Å². The van der Waals surface area contributed by atoms with Crippen LogP contribution < -0.4 is 0 Å². The van der Waals surface area contributed by atoms with Gasteiger partial charge in [0.05, 0.1) is 0 Å². The van der Waals surface area contributed by atoms with Crippen molar-refractivity contribution in [3.8, 4) is 0 Å². The van der Waals surface area contributed by atoms with E-state index in [0.29, 0.717) is 24.8 Å². The number of benzene rings is 1. The van der Waals surface area contributed by atoms with Crippen molar-refractivity contribution < 1.29 is 9.18 Å². The van der Waals surface area contributed by atoms with Gasteiger partial charge in [-0.2, -0.15) is 0 Å². The van der Waals surface area contributed by atoms with Crippen molar-refractivity contribution in [2.45, 2.75) is 51.0 Å². The molecule has 1 aliphatic carbocycles. The van der Waals surface area contributed by atoms with Gasteiger partial charge in [-0.05, 0) is 61.4 Å². The summed E-state index contributed by atoms with van der Waals surface area (Å²) in [5.74, 6) is 0.373. The number of rotatable bonds is 6. The molecule has 1 saturated heterocycles. The molecule has 2 heterocycles. The maximum atomic E-state index is 13.1. The molecule has 1 aromatic carbocycles. The highest BCUT2D eigenvalue weighted by Gasteiger charge is 2.30. The molecule has 1 saturated carbocycles. The van der Waals surface area contributed by atoms with Crippen molar-refractivity contribution in [2.24, 2.45) is 5.92 Å². The molecule has 0 spiro atoms. The predicted octanol–water partition coefficient (Wildman–Crippen LogP) is 4.10. The molecular formula is C25H32FN3O. The lowest BCUT2D eigenvalue weighted by atomic mass is 10.0. The van der Waals surface area contributed by atoms with E-state index in [-0.39, 0.29) is 11.7 Å². The van der Waals surface area contributed by atoms with Crippen LogP contribution in [-0.2, 0) is 17.6 Å². The second-order valence-electron chi connectivity index (χ2n) is 8.79. The third-order valence-corrected chi connectivity index (χ3v) is 6.59. The lowest BCUT2D eigenvalue weighted by Gasteiger charge is -2.29. The van der Waals surface area contributed by atoms with Gasteiger partial charge >= 0.3 is 0 Å². The van der Waals surface area contributed by atoms with Crippen LogP contribution in [0.25, 0.3) is 0 Å². The Hall–Kier alpha value is -2.27. The Labute approximate surface area is 179 Å². The van der Waals surface area contributed by atoms with Crippen LogP contribution in [0.5, 0.6) is 0 Å². The SMILES string of the molecule is O=C(CCc1ccc(F)cc1)N1CCN(C2CCCC2)CC(Cc2ccccn2)C1. The molecule has 1 atom stereocenters. The fourth-order valence-electron chi connectivity index (χ4n) is 4.96. The Morgan fingerprint density at radius 2 is 1.83 bits per heavy atom. The Balaban J connectivity index is 1.41. The van der Waals surface area contributed by atoms with Crippen LogP contribution in [0.15, 0.2) is 48.7 Å². The third kappa shape index (κ3) is 5.66. The average molecular weight is 410 g/mol. The summed E-state index contributed by atoms with van der Waals surface area (Å²) in [6, 6.07) is 13.2. The molecule has 160 valence electrons. The van der Waals surface area contributed by atoms with Gasteiger partial charge in [-0.1, -0.05) is 31.0 Å². The topological polar surface area (TPSA) is 36.4 Å². The number of hydrogen-bond acceptors (Lipinski definition) is 3. The van der Waals surface area contributed by atoms with E-state index in [1.807, 2.05) is 18.3 Å². The molecule has 2 fully saturated rings. The van der Waals surface area contributed by atoms with Gasteiger partial charge in [0.25, 0.3) is 0 Å². The number of aryl methyl sites for hydroxylation is 1. The molecule has 5 heteroatoms. The lowest BCUT2D eigenvalue weighted by Crippen LogP contribution is -2.38. The summed E-state index contributed by atoms with van der Waals surface area (Å²) in [7, 11) is 0. The lowest BCUT2D eigenvalue weighted by molar-refractivity contribution is -0.131. The molecule has 0 bridgehead atoms. The molecule has 1 aliphatic heterocycles. The van der Waals surface area contributed by atoms with Crippen LogP contribution in [0.1, 0.15) is 43.4 Å². The molecular weight excluding hydrogens is 377 g/mol. The maximum Gasteiger partial charge on any atom is 0.222 e. The highest BCUT2D eigenvalue weighted by Crippen LogP contribution is 2.26. The first-order valence-electron chi connectivity index (χ1n) is 11.3. The van der Waals surface area contributed by atoms with E-state index in [1.54, 1.807) is 12.1 Å². The van der Waals surface area contributed by atoms with Crippen LogP contribution in [0.2, 0.25) is 0 Å². The van der Waals surface area contributed by atoms with E-state index < -0.39 is 0 Å². The highest BCUT2D eigenvalue weighted by atomic mass is 19.1. The van der Waals surface area contributed by atoms with Gasteiger partial charge < -0.3 is 4.90 Å². The normalized spacial score (nSPS) is 21.0. The number of amides is 1. The summed E-state index contributed by atoms with van der Waals surface area (Å²) >= 11 is 0. The fourth-order valence-corrected chi connectivity index (χ4v) is 4.96. The van der Waals surface area contributed by atoms with E-state index in [2.05, 4.69) is 20.9 Å². The largest absolute Gasteiger partial charge is 0.341 e. The van der Waals surface area contributed by atoms with Crippen LogP contribution in [-0.4, -0.2) is 52.9 Å². The molecule has 4 nitrogen and oxygen atoms in total. The van der Waals surface area contributed by atoms with Crippen LogP contribution in [0.4, 0.5) is 4.39 Å². The van der Waals surface area contributed by atoms with Gasteiger partial charge in [0, 0.05) is 50.5 Å². The van der Waals surface area contributed by atoms with E-state index in [1.165, 1.54) is 37.8 Å². The molecule has 1 aromatic heterocycles. The van der Waals surface area contributed by atoms with Crippen molar-refractivity contribution >= 4 is 5.91 Å². The van der Waals surface area contributed by atoms with Crippen LogP contribution in [0, 0.1) is 11.7 Å². The van der Waals surface area contributed by atoms with Crippen molar-refractivity contribution in [1.82, 2.24) is 14.8 Å². The first-order valence-corrected chi connectivity index (χ1v) is 11.3. The number of halogens is 1. The molecule has 0 radical (unpaired) electrons. The number of hydrogen-bond donors (Lipinski definition) is 0. The first kappa shape index (κ1) is 21.0. The molecule has 2 aromatic rings. The number of nitrogens with zero attached hydrogens (tertiary/aromatic N) is 3. The van der Waals surface area contributed by atoms with Gasteiger partial charge in [-0.3, -0.25) is 14.7 Å². The molecule has 2 aliphatic rings. The summed E-state index contributed by atoms with van der Waals surface area (Å²) in [4.78, 5) is 22.3. The van der Waals surface area contributed by atoms with Crippen molar-refractivity contribution in [1.29, 1.82) is 0 Å². The third-order valence-electron chi connectivity index (χ3n) is 6.59. The Morgan fingerprint density at radius 3 is 2.57 bits per heavy atom. The molecule has 1 unspecified atom stereocenters. The summed E-state index contributed by atoms with van der Waals surface area (Å²) < 4.78 is 13.1. The van der Waals surface area contributed by atoms with Gasteiger partial charge in [0.1, 0.15) is 5.82 Å². The van der Waals surface area contributed by atoms with Gasteiger partial charge in [-0.15, -0.1) is 0 Å². The van der Waals surface area contributed by atoms with Crippen molar-refractivity contribution in [3.05, 3.63) is 65.7 Å². The van der Waals surface area contributed by atoms with E-state index in [4.69, 9.17) is 0 Å². The molecule has 1 amide bonds. The number of carbonyl (C=O) groups is 1. The maximum absolute atomic E-state index is 13.1. The van der Waals surface area contributed by atoms with E-state index in [9.17, 15) is 9.18 Å². The standard InChI is InChI=1S/C25H32FN3O/c26-22-11-8-20(9-12-22)10-13-25(30)29-16-15-28(24-6-1-2-7-24)18-21(19-29)17-23-5-3-4-14-27-23/h3-5,8-9,11-12,14,21,24H,1-2,6-7,10,13,15-19H2. The second kappa shape index (κ2) is 10.2. The quantitative estimate of drug-likeness (QED) is 0.721. The van der Waals surface area contributed by atoms with Crippen LogP contribution >= 0.6 is 0 Å². The summed E-state index contributed by atoms with van der Waals surface area (Å²) in [5, 5.41) is 0. The summed E-state index contributed by atoms with van der Waals surface area (Å²) in [5.41, 5.74) is 2.12. The molecule has 0 N–H and O–H groups in total. The molecule has 4 rings (SSSR count). The summed E-state index contributed by atoms with van der Waals surface area (Å²) in [6.45, 7) is 3.61. The zero-order valence-electron chi connectivity index (χ0n) is 17.7. The minimum atomic E-state index is -0.234. The van der Waals surface area contributed by atoms with Crippen molar-refractivity contribution in [3.63, 3.8) is 0 Å². The highest BCUT2D eigenvalue weighted by molar-refractivity contribution is 5.76. The zero-order chi connectivity index (χ0) is 20.8. The first-order chi connectivity index (χ1) is 14.7. The van der Waals surface area contributed by atoms with Gasteiger partial charge in [0.15, 0.2) is 0 Å². The number of aromatic nitrogens is 1. The van der Waals surface area contributed by atoms with E-state index >= 15 is 0 Å². The number of pyridine rings is 1. The van der Waals surface area contributed by atoms with Crippen molar-refractivity contribution in [2.75, 3.05) is 26.2 Å². The Bertz CT molecular complexity index is 805. The van der Waals surface area contributed by atoms with Gasteiger partial charge in [0.2, 0.25) is 5.91 Å². The summed E-state index contributed by atoms with van der Waals surface area (Å²) in [6.07, 6.45) is 9.12. The smallest absolute Gasteiger partial charge is 0.222 e. The van der Waals surface area contributed by atoms with Gasteiger partial charge in [-0.25, -0.2) is 4.39 Å². The number of carbonyl (C=O) groups excluding carboxylic acids is 1. The minimum Gasteiger partial charge on any atom is -0.341 e. The Morgan fingerprint density at radius 1 is 1.03 bits per heavy atom. The second-order valence-corrected chi connectivity index (χ2v) is 8.79. The minimum absolute atomic E-state index is 0.207. The average Bonchev–Trinajstić information content (AvgIpc) is 3.22. The zero-order valence-corrected chi connectivity index (χ0v) is 17.7.